The van der Waals surface area contributed by atoms with Gasteiger partial charge >= 0.3 is 6.09 Å². The van der Waals surface area contributed by atoms with Gasteiger partial charge in [-0.15, -0.1) is 0 Å². The van der Waals surface area contributed by atoms with E-state index in [0.717, 1.165) is 41.7 Å². The second kappa shape index (κ2) is 9.69. The molecule has 3 heterocycles. The fourth-order valence-corrected chi connectivity index (χ4v) is 4.55. The number of benzene rings is 2. The number of likely N-dealkylation sites (N-methyl/N-ethyl adjacent to an activating group) is 1. The molecule has 0 radical (unpaired) electrons. The third kappa shape index (κ3) is 5.48. The van der Waals surface area contributed by atoms with Crippen LogP contribution in [0.4, 0.5) is 16.2 Å². The molecule has 0 spiro atoms. The van der Waals surface area contributed by atoms with Crippen molar-refractivity contribution in [2.45, 2.75) is 38.8 Å². The van der Waals surface area contributed by atoms with Crippen molar-refractivity contribution in [1.29, 1.82) is 0 Å². The molecule has 0 aliphatic carbocycles. The van der Waals surface area contributed by atoms with Gasteiger partial charge in [0.1, 0.15) is 11.4 Å². The largest absolute Gasteiger partial charge is 0.451 e. The Bertz CT molecular complexity index is 1410. The van der Waals surface area contributed by atoms with Crippen molar-refractivity contribution in [2.24, 2.45) is 0 Å². The van der Waals surface area contributed by atoms with E-state index in [1.807, 2.05) is 81.6 Å². The minimum Gasteiger partial charge on any atom is -0.451 e. The Labute approximate surface area is 216 Å². The van der Waals surface area contributed by atoms with E-state index in [-0.39, 0.29) is 23.8 Å². The number of H-pyrrole nitrogens is 1. The van der Waals surface area contributed by atoms with Crippen LogP contribution >= 0.6 is 0 Å². The van der Waals surface area contributed by atoms with Crippen LogP contribution in [0.1, 0.15) is 37.7 Å². The second-order valence-corrected chi connectivity index (χ2v) is 10.4. The molecule has 0 saturated carbocycles. The van der Waals surface area contributed by atoms with Crippen LogP contribution in [0, 0.1) is 0 Å². The molecule has 2 amide bonds. The predicted molar refractivity (Wildman–Crippen MR) is 145 cm³/mol. The summed E-state index contributed by atoms with van der Waals surface area (Å²) in [6.45, 7) is 7.18. The Morgan fingerprint density at radius 2 is 1.86 bits per heavy atom. The third-order valence-electron chi connectivity index (χ3n) is 6.55. The minimum atomic E-state index is -0.516. The lowest BCUT2D eigenvalue weighted by molar-refractivity contribution is 0.0238. The number of carbonyl (C=O) groups excluding carboxylic acids is 2. The highest BCUT2D eigenvalue weighted by atomic mass is 16.6. The molecule has 2 aromatic heterocycles. The van der Waals surface area contributed by atoms with Gasteiger partial charge in [0.05, 0.1) is 6.04 Å². The van der Waals surface area contributed by atoms with Gasteiger partial charge in [0, 0.05) is 54.2 Å². The molecule has 1 fully saturated rings. The zero-order valence-corrected chi connectivity index (χ0v) is 21.6. The maximum Gasteiger partial charge on any atom is 0.410 e. The molecule has 1 aliphatic heterocycles. The molecule has 1 atom stereocenters. The van der Waals surface area contributed by atoms with Gasteiger partial charge in [0.15, 0.2) is 5.76 Å². The molecule has 2 N–H and O–H groups in total. The van der Waals surface area contributed by atoms with Crippen LogP contribution < -0.4 is 10.2 Å². The summed E-state index contributed by atoms with van der Waals surface area (Å²) in [6.07, 6.45) is 2.46. The maximum atomic E-state index is 12.8. The number of aromatic amines is 1. The summed E-state index contributed by atoms with van der Waals surface area (Å²) in [4.78, 5) is 32.3. The predicted octanol–water partition coefficient (Wildman–Crippen LogP) is 6.13. The van der Waals surface area contributed by atoms with Crippen LogP contribution in [0.5, 0.6) is 0 Å². The fraction of sp³-hybridized carbons (Fsp3) is 0.310. The molecule has 1 aliphatic rings. The van der Waals surface area contributed by atoms with Gasteiger partial charge in [-0.3, -0.25) is 4.79 Å². The molecule has 8 heteroatoms. The van der Waals surface area contributed by atoms with E-state index in [2.05, 4.69) is 15.2 Å². The number of carbonyl (C=O) groups is 2. The monoisotopic (exact) mass is 500 g/mol. The Kier molecular flexibility index (Phi) is 6.41. The van der Waals surface area contributed by atoms with Crippen molar-refractivity contribution in [3.8, 4) is 11.3 Å². The van der Waals surface area contributed by atoms with Crippen LogP contribution in [0.2, 0.25) is 0 Å². The average Bonchev–Trinajstić information content (AvgIpc) is 3.63. The molecule has 8 nitrogen and oxygen atoms in total. The van der Waals surface area contributed by atoms with Crippen molar-refractivity contribution < 1.29 is 18.7 Å². The van der Waals surface area contributed by atoms with E-state index >= 15 is 0 Å². The number of rotatable bonds is 5. The number of hydrogen-bond donors (Lipinski definition) is 2. The Morgan fingerprint density at radius 1 is 1.08 bits per heavy atom. The number of hydrogen-bond acceptors (Lipinski definition) is 5. The number of nitrogens with one attached hydrogen (secondary N) is 2. The lowest BCUT2D eigenvalue weighted by Crippen LogP contribution is -2.42. The Morgan fingerprint density at radius 3 is 2.62 bits per heavy atom. The molecule has 37 heavy (non-hydrogen) atoms. The van der Waals surface area contributed by atoms with E-state index in [4.69, 9.17) is 9.15 Å². The van der Waals surface area contributed by atoms with E-state index in [1.54, 1.807) is 18.0 Å². The van der Waals surface area contributed by atoms with Crippen LogP contribution in [0.3, 0.4) is 0 Å². The Balaban J connectivity index is 1.18. The minimum absolute atomic E-state index is 0.0836. The third-order valence-corrected chi connectivity index (χ3v) is 6.55. The number of aromatic nitrogens is 1. The number of nitrogens with zero attached hydrogens (tertiary/aromatic N) is 2. The van der Waals surface area contributed by atoms with E-state index in [9.17, 15) is 9.59 Å². The van der Waals surface area contributed by atoms with Crippen LogP contribution in [-0.2, 0) is 4.74 Å². The fourth-order valence-electron chi connectivity index (χ4n) is 4.55. The number of anilines is 2. The highest BCUT2D eigenvalue weighted by Crippen LogP contribution is 2.28. The van der Waals surface area contributed by atoms with E-state index in [1.165, 1.54) is 0 Å². The van der Waals surface area contributed by atoms with Gasteiger partial charge in [0.25, 0.3) is 5.91 Å². The van der Waals surface area contributed by atoms with Gasteiger partial charge in [-0.25, -0.2) is 4.79 Å². The maximum absolute atomic E-state index is 12.8. The smallest absolute Gasteiger partial charge is 0.410 e. The molecule has 192 valence electrons. The first-order valence-corrected chi connectivity index (χ1v) is 12.5. The first kappa shape index (κ1) is 24.5. The van der Waals surface area contributed by atoms with Crippen LogP contribution in [-0.4, -0.2) is 53.7 Å². The number of amides is 2. The summed E-state index contributed by atoms with van der Waals surface area (Å²) in [6, 6.07) is 19.3. The molecular formula is C29H32N4O4. The normalized spacial score (nSPS) is 15.7. The van der Waals surface area contributed by atoms with Gasteiger partial charge in [0.2, 0.25) is 0 Å². The lowest BCUT2D eigenvalue weighted by atomic mass is 10.1. The molecule has 4 aromatic rings. The van der Waals surface area contributed by atoms with Gasteiger partial charge in [-0.2, -0.15) is 0 Å². The molecule has 0 bridgehead atoms. The van der Waals surface area contributed by atoms with Gasteiger partial charge in [-0.05, 0) is 87.9 Å². The standard InChI is InChI=1S/C29H32N4O4/c1-29(2,3)37-28(35)32(4)23-14-16-33(18-23)22-8-6-21(7-9-22)31-27(34)26-12-11-25(36-26)20-5-10-24-19(17-20)13-15-30-24/h5-13,15,17,23,30H,14,16,18H2,1-4H3,(H,31,34). The summed E-state index contributed by atoms with van der Waals surface area (Å²) in [5.41, 5.74) is 3.17. The Hall–Kier alpha value is -4.20. The van der Waals surface area contributed by atoms with Gasteiger partial charge < -0.3 is 29.3 Å². The van der Waals surface area contributed by atoms with Crippen molar-refractivity contribution in [3.63, 3.8) is 0 Å². The highest BCUT2D eigenvalue weighted by molar-refractivity contribution is 6.02. The zero-order valence-electron chi connectivity index (χ0n) is 21.6. The van der Waals surface area contributed by atoms with Crippen molar-refractivity contribution in [1.82, 2.24) is 9.88 Å². The first-order valence-electron chi connectivity index (χ1n) is 12.5. The second-order valence-electron chi connectivity index (χ2n) is 10.4. The van der Waals surface area contributed by atoms with Crippen molar-refractivity contribution in [3.05, 3.63) is 72.6 Å². The molecule has 5 rings (SSSR count). The van der Waals surface area contributed by atoms with Crippen molar-refractivity contribution >= 4 is 34.3 Å². The quantitative estimate of drug-likeness (QED) is 0.344. The topological polar surface area (TPSA) is 90.8 Å². The van der Waals surface area contributed by atoms with Crippen molar-refractivity contribution in [2.75, 3.05) is 30.4 Å². The summed E-state index contributed by atoms with van der Waals surface area (Å²) in [7, 11) is 1.79. The molecule has 1 saturated heterocycles. The van der Waals surface area contributed by atoms with Crippen LogP contribution in [0.15, 0.2) is 71.3 Å². The average molecular weight is 501 g/mol. The van der Waals surface area contributed by atoms with E-state index in [0.29, 0.717) is 11.4 Å². The first-order chi connectivity index (χ1) is 17.7. The zero-order chi connectivity index (χ0) is 26.2. The highest BCUT2D eigenvalue weighted by Gasteiger charge is 2.31. The van der Waals surface area contributed by atoms with E-state index < -0.39 is 5.60 Å². The SMILES string of the molecule is CN(C(=O)OC(C)(C)C)C1CCN(c2ccc(NC(=O)c3ccc(-c4ccc5[nH]ccc5c4)o3)cc2)C1. The number of furan rings is 1. The summed E-state index contributed by atoms with van der Waals surface area (Å²) < 4.78 is 11.3. The molecule has 1 unspecified atom stereocenters. The molecule has 2 aromatic carbocycles. The molecular weight excluding hydrogens is 468 g/mol. The van der Waals surface area contributed by atoms with Gasteiger partial charge in [-0.1, -0.05) is 0 Å². The number of ether oxygens (including phenoxy) is 1. The summed E-state index contributed by atoms with van der Waals surface area (Å²) >= 11 is 0. The van der Waals surface area contributed by atoms with Crippen LogP contribution in [0.25, 0.3) is 22.2 Å². The summed E-state index contributed by atoms with van der Waals surface area (Å²) in [5, 5.41) is 3.99. The number of fused-ring (bicyclic) bond motifs is 1. The lowest BCUT2D eigenvalue weighted by Gasteiger charge is -2.28. The summed E-state index contributed by atoms with van der Waals surface area (Å²) in [5.74, 6) is 0.589.